The van der Waals surface area contributed by atoms with E-state index >= 15 is 0 Å². The van der Waals surface area contributed by atoms with E-state index in [1.807, 2.05) is 30.5 Å². The van der Waals surface area contributed by atoms with E-state index in [2.05, 4.69) is 26.0 Å². The zero-order valence-corrected chi connectivity index (χ0v) is 11.1. The maximum atomic E-state index is 5.61. The van der Waals surface area contributed by atoms with Crippen molar-refractivity contribution >= 4 is 6.08 Å². The van der Waals surface area contributed by atoms with Gasteiger partial charge in [0.1, 0.15) is 0 Å². The molecular formula is C16H24O. The van der Waals surface area contributed by atoms with Crippen molar-refractivity contribution in [3.05, 3.63) is 42.2 Å². The van der Waals surface area contributed by atoms with E-state index in [-0.39, 0.29) is 0 Å². The predicted molar refractivity (Wildman–Crippen MR) is 74.7 cm³/mol. The number of benzene rings is 1. The first-order valence-corrected chi connectivity index (χ1v) is 6.70. The van der Waals surface area contributed by atoms with Crippen LogP contribution < -0.4 is 0 Å². The number of rotatable bonds is 8. The van der Waals surface area contributed by atoms with Crippen LogP contribution >= 0.6 is 0 Å². The van der Waals surface area contributed by atoms with E-state index in [9.17, 15) is 0 Å². The van der Waals surface area contributed by atoms with Gasteiger partial charge in [-0.3, -0.25) is 0 Å². The Morgan fingerprint density at radius 3 is 2.59 bits per heavy atom. The topological polar surface area (TPSA) is 9.23 Å². The quantitative estimate of drug-likeness (QED) is 0.580. The molecule has 94 valence electrons. The molecule has 0 aliphatic carbocycles. The van der Waals surface area contributed by atoms with Gasteiger partial charge in [-0.1, -0.05) is 63.4 Å². The Kier molecular flexibility index (Phi) is 7.20. The van der Waals surface area contributed by atoms with Crippen molar-refractivity contribution in [1.82, 2.24) is 0 Å². The average molecular weight is 232 g/mol. The van der Waals surface area contributed by atoms with Crippen molar-refractivity contribution in [2.45, 2.75) is 39.5 Å². The number of unbranched alkanes of at least 4 members (excludes halogenated alkanes) is 1. The van der Waals surface area contributed by atoms with Gasteiger partial charge in [0.2, 0.25) is 0 Å². The lowest BCUT2D eigenvalue weighted by Gasteiger charge is -2.13. The summed E-state index contributed by atoms with van der Waals surface area (Å²) in [4.78, 5) is 0. The molecule has 0 bridgehead atoms. The first kappa shape index (κ1) is 13.8. The van der Waals surface area contributed by atoms with Gasteiger partial charge in [0.25, 0.3) is 0 Å². The third-order valence-corrected chi connectivity index (χ3v) is 3.03. The van der Waals surface area contributed by atoms with E-state index in [1.54, 1.807) is 0 Å². The fourth-order valence-corrected chi connectivity index (χ4v) is 1.78. The van der Waals surface area contributed by atoms with Crippen LogP contribution in [0.5, 0.6) is 0 Å². The minimum absolute atomic E-state index is 0.704. The van der Waals surface area contributed by atoms with Crippen LogP contribution in [-0.2, 0) is 4.74 Å². The first-order chi connectivity index (χ1) is 8.36. The summed E-state index contributed by atoms with van der Waals surface area (Å²) >= 11 is 0. The maximum absolute atomic E-state index is 5.61. The van der Waals surface area contributed by atoms with Gasteiger partial charge in [0.05, 0.1) is 12.9 Å². The van der Waals surface area contributed by atoms with Gasteiger partial charge < -0.3 is 4.74 Å². The number of hydrogen-bond acceptors (Lipinski definition) is 1. The van der Waals surface area contributed by atoms with E-state index < -0.39 is 0 Å². The Morgan fingerprint density at radius 2 is 1.94 bits per heavy atom. The van der Waals surface area contributed by atoms with Crippen molar-refractivity contribution in [1.29, 1.82) is 0 Å². The highest BCUT2D eigenvalue weighted by molar-refractivity contribution is 5.47. The fraction of sp³-hybridized carbons (Fsp3) is 0.500. The lowest BCUT2D eigenvalue weighted by Crippen LogP contribution is -2.06. The molecule has 1 unspecified atom stereocenters. The zero-order chi connectivity index (χ0) is 12.3. The van der Waals surface area contributed by atoms with Gasteiger partial charge in [0, 0.05) is 0 Å². The molecule has 0 fully saturated rings. The van der Waals surface area contributed by atoms with Crippen molar-refractivity contribution in [3.63, 3.8) is 0 Å². The van der Waals surface area contributed by atoms with Crippen LogP contribution in [0, 0.1) is 5.92 Å². The molecule has 0 aromatic heterocycles. The molecule has 17 heavy (non-hydrogen) atoms. The van der Waals surface area contributed by atoms with Crippen molar-refractivity contribution in [3.8, 4) is 0 Å². The zero-order valence-electron chi connectivity index (χ0n) is 11.1. The van der Waals surface area contributed by atoms with E-state index in [0.717, 1.165) is 6.61 Å². The first-order valence-electron chi connectivity index (χ1n) is 6.70. The molecule has 0 N–H and O–H groups in total. The van der Waals surface area contributed by atoms with Gasteiger partial charge in [0.15, 0.2) is 0 Å². The Labute approximate surface area is 106 Å². The standard InChI is InChI=1S/C16H24O/c1-3-5-9-15(4-2)14-17-13-12-16-10-7-6-8-11-16/h6-8,10-13,15H,3-5,9,14H2,1-2H3. The molecule has 0 heterocycles. The lowest BCUT2D eigenvalue weighted by atomic mass is 10.0. The van der Waals surface area contributed by atoms with Crippen molar-refractivity contribution in [2.24, 2.45) is 5.92 Å². The minimum atomic E-state index is 0.704. The van der Waals surface area contributed by atoms with E-state index in [1.165, 1.54) is 31.2 Å². The highest BCUT2D eigenvalue weighted by Crippen LogP contribution is 2.13. The Hall–Kier alpha value is -1.24. The highest BCUT2D eigenvalue weighted by atomic mass is 16.5. The molecule has 0 amide bonds. The van der Waals surface area contributed by atoms with Crippen LogP contribution in [0.2, 0.25) is 0 Å². The SMILES string of the molecule is CCCCC(CC)COC=Cc1ccccc1. The highest BCUT2D eigenvalue weighted by Gasteiger charge is 2.04. The Bertz CT molecular complexity index is 303. The summed E-state index contributed by atoms with van der Waals surface area (Å²) in [5.74, 6) is 0.704. The van der Waals surface area contributed by atoms with Gasteiger partial charge in [-0.25, -0.2) is 0 Å². The second-order valence-electron chi connectivity index (χ2n) is 4.46. The molecule has 1 aromatic carbocycles. The fourth-order valence-electron chi connectivity index (χ4n) is 1.78. The molecule has 0 saturated carbocycles. The molecule has 0 radical (unpaired) electrons. The van der Waals surface area contributed by atoms with Gasteiger partial charge in [-0.05, 0) is 24.0 Å². The molecular weight excluding hydrogens is 208 g/mol. The molecule has 1 atom stereocenters. The third-order valence-electron chi connectivity index (χ3n) is 3.03. The molecule has 1 rings (SSSR count). The average Bonchev–Trinajstić information content (AvgIpc) is 2.39. The Balaban J connectivity index is 2.24. The lowest BCUT2D eigenvalue weighted by molar-refractivity contribution is 0.185. The number of hydrogen-bond donors (Lipinski definition) is 0. The number of ether oxygens (including phenoxy) is 1. The predicted octanol–water partition coefficient (Wildman–Crippen LogP) is 4.89. The maximum Gasteiger partial charge on any atom is 0.0901 e. The second kappa shape index (κ2) is 8.86. The molecule has 1 aromatic rings. The summed E-state index contributed by atoms with van der Waals surface area (Å²) < 4.78 is 5.61. The smallest absolute Gasteiger partial charge is 0.0901 e. The second-order valence-corrected chi connectivity index (χ2v) is 4.46. The van der Waals surface area contributed by atoms with Crippen LogP contribution in [0.25, 0.3) is 6.08 Å². The summed E-state index contributed by atoms with van der Waals surface area (Å²) in [6, 6.07) is 10.3. The van der Waals surface area contributed by atoms with Gasteiger partial charge in [-0.2, -0.15) is 0 Å². The van der Waals surface area contributed by atoms with Crippen LogP contribution in [0.3, 0.4) is 0 Å². The largest absolute Gasteiger partial charge is 0.501 e. The van der Waals surface area contributed by atoms with E-state index in [0.29, 0.717) is 5.92 Å². The van der Waals surface area contributed by atoms with Crippen molar-refractivity contribution < 1.29 is 4.74 Å². The summed E-state index contributed by atoms with van der Waals surface area (Å²) in [6.45, 7) is 5.33. The van der Waals surface area contributed by atoms with Crippen LogP contribution in [0.15, 0.2) is 36.6 Å². The molecule has 0 aliphatic rings. The normalized spacial score (nSPS) is 12.8. The molecule has 0 saturated heterocycles. The monoisotopic (exact) mass is 232 g/mol. The minimum Gasteiger partial charge on any atom is -0.501 e. The summed E-state index contributed by atoms with van der Waals surface area (Å²) in [5.41, 5.74) is 1.19. The summed E-state index contributed by atoms with van der Waals surface area (Å²) in [6.07, 6.45) is 8.92. The van der Waals surface area contributed by atoms with Gasteiger partial charge >= 0.3 is 0 Å². The van der Waals surface area contributed by atoms with Crippen LogP contribution in [-0.4, -0.2) is 6.61 Å². The van der Waals surface area contributed by atoms with Crippen LogP contribution in [0.4, 0.5) is 0 Å². The van der Waals surface area contributed by atoms with E-state index in [4.69, 9.17) is 4.74 Å². The molecule has 0 spiro atoms. The summed E-state index contributed by atoms with van der Waals surface area (Å²) in [5, 5.41) is 0. The third kappa shape index (κ3) is 6.15. The van der Waals surface area contributed by atoms with Gasteiger partial charge in [-0.15, -0.1) is 0 Å². The molecule has 1 heteroatoms. The molecule has 1 nitrogen and oxygen atoms in total. The summed E-state index contributed by atoms with van der Waals surface area (Å²) in [7, 11) is 0. The Morgan fingerprint density at radius 1 is 1.18 bits per heavy atom. The van der Waals surface area contributed by atoms with Crippen LogP contribution in [0.1, 0.15) is 45.1 Å². The molecule has 0 aliphatic heterocycles. The van der Waals surface area contributed by atoms with Crippen molar-refractivity contribution in [2.75, 3.05) is 6.61 Å².